The third-order valence-corrected chi connectivity index (χ3v) is 4.52. The predicted octanol–water partition coefficient (Wildman–Crippen LogP) is 0.928. The second-order valence-corrected chi connectivity index (χ2v) is 6.61. The minimum absolute atomic E-state index is 0.185. The lowest BCUT2D eigenvalue weighted by molar-refractivity contribution is -0.119. The zero-order chi connectivity index (χ0) is 13.4. The van der Waals surface area contributed by atoms with E-state index >= 15 is 0 Å². The van der Waals surface area contributed by atoms with Crippen molar-refractivity contribution in [1.82, 2.24) is 15.5 Å². The van der Waals surface area contributed by atoms with E-state index in [0.29, 0.717) is 11.0 Å². The molecule has 1 amide bonds. The molecule has 1 rings (SSSR count). The summed E-state index contributed by atoms with van der Waals surface area (Å²) >= 11 is 1.81. The number of amides is 1. The van der Waals surface area contributed by atoms with E-state index in [1.807, 2.05) is 11.8 Å². The lowest BCUT2D eigenvalue weighted by Gasteiger charge is -2.22. The molecule has 0 bridgehead atoms. The van der Waals surface area contributed by atoms with Crippen molar-refractivity contribution in [2.24, 2.45) is 0 Å². The molecular formula is C13H27N3OS. The fourth-order valence-electron chi connectivity index (χ4n) is 2.00. The Morgan fingerprint density at radius 3 is 2.72 bits per heavy atom. The third-order valence-electron chi connectivity index (χ3n) is 3.15. The van der Waals surface area contributed by atoms with Gasteiger partial charge in [0, 0.05) is 11.3 Å². The maximum Gasteiger partial charge on any atom is 0.230 e. The summed E-state index contributed by atoms with van der Waals surface area (Å²) in [7, 11) is 4.11. The Bertz CT molecular complexity index is 242. The van der Waals surface area contributed by atoms with E-state index in [1.54, 1.807) is 0 Å². The quantitative estimate of drug-likeness (QED) is 0.724. The molecule has 4 nitrogen and oxygen atoms in total. The minimum atomic E-state index is 0.185. The van der Waals surface area contributed by atoms with Crippen LogP contribution in [0.1, 0.15) is 26.2 Å². The van der Waals surface area contributed by atoms with E-state index in [1.165, 1.54) is 12.8 Å². The van der Waals surface area contributed by atoms with Gasteiger partial charge in [-0.25, -0.2) is 0 Å². The molecule has 1 unspecified atom stereocenters. The number of carbonyl (C=O) groups excluding carboxylic acids is 1. The van der Waals surface area contributed by atoms with Gasteiger partial charge in [0.15, 0.2) is 0 Å². The van der Waals surface area contributed by atoms with Crippen LogP contribution in [0.5, 0.6) is 0 Å². The maximum absolute atomic E-state index is 11.8. The predicted molar refractivity (Wildman–Crippen MR) is 79.1 cm³/mol. The van der Waals surface area contributed by atoms with Crippen molar-refractivity contribution in [2.75, 3.05) is 39.5 Å². The van der Waals surface area contributed by atoms with Crippen molar-refractivity contribution in [3.05, 3.63) is 0 Å². The van der Waals surface area contributed by atoms with Crippen LogP contribution in [0.25, 0.3) is 0 Å². The van der Waals surface area contributed by atoms with E-state index in [4.69, 9.17) is 0 Å². The number of hydrogen-bond donors (Lipinski definition) is 2. The molecule has 5 heteroatoms. The molecule has 0 radical (unpaired) electrons. The van der Waals surface area contributed by atoms with Crippen molar-refractivity contribution in [1.29, 1.82) is 0 Å². The van der Waals surface area contributed by atoms with E-state index in [9.17, 15) is 4.79 Å². The normalized spacial score (nSPS) is 18.9. The van der Waals surface area contributed by atoms with Crippen molar-refractivity contribution in [3.63, 3.8) is 0 Å². The van der Waals surface area contributed by atoms with E-state index in [0.717, 1.165) is 26.1 Å². The van der Waals surface area contributed by atoms with Gasteiger partial charge in [-0.05, 0) is 59.9 Å². The van der Waals surface area contributed by atoms with Gasteiger partial charge < -0.3 is 15.5 Å². The lowest BCUT2D eigenvalue weighted by Crippen LogP contribution is -2.36. The fraction of sp³-hybridized carbons (Fsp3) is 0.923. The highest BCUT2D eigenvalue weighted by Gasteiger charge is 2.15. The van der Waals surface area contributed by atoms with Gasteiger partial charge in [-0.3, -0.25) is 4.79 Å². The number of rotatable bonds is 7. The summed E-state index contributed by atoms with van der Waals surface area (Å²) in [5.41, 5.74) is 0. The van der Waals surface area contributed by atoms with Crippen molar-refractivity contribution < 1.29 is 4.79 Å². The molecule has 1 fully saturated rings. The molecular weight excluding hydrogens is 246 g/mol. The highest BCUT2D eigenvalue weighted by Crippen LogP contribution is 2.19. The standard InChI is InChI=1S/C13H27N3OS/c1-11(6-9-16(2)3)15-13(17)10-18-12-4-7-14-8-5-12/h11-12,14H,4-10H2,1-3H3,(H,15,17). The van der Waals surface area contributed by atoms with E-state index in [-0.39, 0.29) is 11.9 Å². The van der Waals surface area contributed by atoms with Crippen molar-refractivity contribution in [2.45, 2.75) is 37.5 Å². The molecule has 18 heavy (non-hydrogen) atoms. The molecule has 0 spiro atoms. The number of hydrogen-bond acceptors (Lipinski definition) is 4. The topological polar surface area (TPSA) is 44.4 Å². The van der Waals surface area contributed by atoms with Crippen LogP contribution in [0.3, 0.4) is 0 Å². The smallest absolute Gasteiger partial charge is 0.230 e. The number of nitrogens with one attached hydrogen (secondary N) is 2. The molecule has 1 heterocycles. The van der Waals surface area contributed by atoms with Crippen LogP contribution < -0.4 is 10.6 Å². The first-order valence-electron chi connectivity index (χ1n) is 6.84. The highest BCUT2D eigenvalue weighted by molar-refractivity contribution is 8.00. The number of nitrogens with zero attached hydrogens (tertiary/aromatic N) is 1. The van der Waals surface area contributed by atoms with Gasteiger partial charge in [-0.2, -0.15) is 0 Å². The van der Waals surface area contributed by atoms with Crippen LogP contribution in [0.15, 0.2) is 0 Å². The lowest BCUT2D eigenvalue weighted by atomic mass is 10.2. The Morgan fingerprint density at radius 2 is 2.11 bits per heavy atom. The average Bonchev–Trinajstić information content (AvgIpc) is 2.35. The van der Waals surface area contributed by atoms with Crippen molar-refractivity contribution >= 4 is 17.7 Å². The molecule has 2 N–H and O–H groups in total. The van der Waals surface area contributed by atoms with Crippen LogP contribution in [0.2, 0.25) is 0 Å². The molecule has 0 aliphatic carbocycles. The van der Waals surface area contributed by atoms with Gasteiger partial charge in [0.1, 0.15) is 0 Å². The van der Waals surface area contributed by atoms with Gasteiger partial charge in [-0.1, -0.05) is 0 Å². The zero-order valence-electron chi connectivity index (χ0n) is 11.9. The summed E-state index contributed by atoms with van der Waals surface area (Å²) in [6.07, 6.45) is 3.39. The second kappa shape index (κ2) is 8.77. The molecule has 1 saturated heterocycles. The molecule has 1 aliphatic rings. The minimum Gasteiger partial charge on any atom is -0.353 e. The van der Waals surface area contributed by atoms with Crippen LogP contribution >= 0.6 is 11.8 Å². The summed E-state index contributed by atoms with van der Waals surface area (Å²) in [4.78, 5) is 13.9. The van der Waals surface area contributed by atoms with Gasteiger partial charge in [0.2, 0.25) is 5.91 Å². The molecule has 0 aromatic carbocycles. The first-order chi connectivity index (χ1) is 8.58. The largest absolute Gasteiger partial charge is 0.353 e. The highest BCUT2D eigenvalue weighted by atomic mass is 32.2. The molecule has 1 atom stereocenters. The van der Waals surface area contributed by atoms with Gasteiger partial charge in [0.25, 0.3) is 0 Å². The molecule has 1 aliphatic heterocycles. The first-order valence-corrected chi connectivity index (χ1v) is 7.89. The monoisotopic (exact) mass is 273 g/mol. The SMILES string of the molecule is CC(CCN(C)C)NC(=O)CSC1CCNCC1. The summed E-state index contributed by atoms with van der Waals surface area (Å²) in [6, 6.07) is 0.272. The van der Waals surface area contributed by atoms with Crippen LogP contribution in [-0.4, -0.2) is 61.6 Å². The van der Waals surface area contributed by atoms with Crippen LogP contribution in [0, 0.1) is 0 Å². The zero-order valence-corrected chi connectivity index (χ0v) is 12.7. The number of carbonyl (C=O) groups is 1. The Kier molecular flexibility index (Phi) is 7.70. The first kappa shape index (κ1) is 15.8. The molecule has 0 aromatic heterocycles. The number of piperidine rings is 1. The summed E-state index contributed by atoms with van der Waals surface area (Å²) in [5, 5.41) is 7.08. The summed E-state index contributed by atoms with van der Waals surface area (Å²) in [5.74, 6) is 0.793. The second-order valence-electron chi connectivity index (χ2n) is 5.32. The van der Waals surface area contributed by atoms with Crippen LogP contribution in [-0.2, 0) is 4.79 Å². The summed E-state index contributed by atoms with van der Waals surface area (Å²) in [6.45, 7) is 5.29. The Morgan fingerprint density at radius 1 is 1.44 bits per heavy atom. The van der Waals surface area contributed by atoms with Gasteiger partial charge in [0.05, 0.1) is 5.75 Å². The van der Waals surface area contributed by atoms with Crippen LogP contribution in [0.4, 0.5) is 0 Å². The Labute approximate surface area is 115 Å². The molecule has 106 valence electrons. The maximum atomic E-state index is 11.8. The van der Waals surface area contributed by atoms with Gasteiger partial charge in [-0.15, -0.1) is 11.8 Å². The Hall–Kier alpha value is -0.260. The summed E-state index contributed by atoms with van der Waals surface area (Å²) < 4.78 is 0. The Balaban J connectivity index is 2.08. The molecule has 0 saturated carbocycles. The third kappa shape index (κ3) is 7.24. The van der Waals surface area contributed by atoms with E-state index < -0.39 is 0 Å². The number of thioether (sulfide) groups is 1. The fourth-order valence-corrected chi connectivity index (χ4v) is 3.04. The van der Waals surface area contributed by atoms with Gasteiger partial charge >= 0.3 is 0 Å². The van der Waals surface area contributed by atoms with E-state index in [2.05, 4.69) is 36.6 Å². The molecule has 0 aromatic rings. The average molecular weight is 273 g/mol. The van der Waals surface area contributed by atoms with Crippen molar-refractivity contribution in [3.8, 4) is 0 Å².